The first-order valence-corrected chi connectivity index (χ1v) is 7.33. The van der Waals surface area contributed by atoms with Gasteiger partial charge in [-0.25, -0.2) is 0 Å². The summed E-state index contributed by atoms with van der Waals surface area (Å²) in [7, 11) is 0. The predicted octanol–water partition coefficient (Wildman–Crippen LogP) is 3.81. The molecule has 2 N–H and O–H groups in total. The number of nitrogens with one attached hydrogen (secondary N) is 2. The Morgan fingerprint density at radius 3 is 2.50 bits per heavy atom. The van der Waals surface area contributed by atoms with Crippen LogP contribution < -0.4 is 10.6 Å². The van der Waals surface area contributed by atoms with Crippen LogP contribution in [-0.2, 0) is 11.2 Å². The highest BCUT2D eigenvalue weighted by Crippen LogP contribution is 2.21. The molecule has 1 aromatic carbocycles. The molecule has 0 saturated carbocycles. The van der Waals surface area contributed by atoms with E-state index < -0.39 is 0 Å². The third-order valence-electron chi connectivity index (χ3n) is 2.92. The van der Waals surface area contributed by atoms with E-state index in [1.165, 1.54) is 5.56 Å². The van der Waals surface area contributed by atoms with Gasteiger partial charge < -0.3 is 10.6 Å². The Kier molecular flexibility index (Phi) is 5.69. The maximum atomic E-state index is 11.9. The SMILES string of the molecule is CCc1cccc(C)c1NC(=S)NC(=O)CC(C)(C)C. The molecule has 1 amide bonds. The molecule has 0 saturated heterocycles. The predicted molar refractivity (Wildman–Crippen MR) is 89.0 cm³/mol. The molecule has 0 aliphatic carbocycles. The first-order valence-electron chi connectivity index (χ1n) is 6.92. The van der Waals surface area contributed by atoms with Crippen molar-refractivity contribution < 1.29 is 4.79 Å². The van der Waals surface area contributed by atoms with Crippen molar-refractivity contribution in [3.63, 3.8) is 0 Å². The number of carbonyl (C=O) groups is 1. The lowest BCUT2D eigenvalue weighted by atomic mass is 9.92. The first-order chi connectivity index (χ1) is 9.23. The molecule has 0 bridgehead atoms. The quantitative estimate of drug-likeness (QED) is 0.832. The van der Waals surface area contributed by atoms with Gasteiger partial charge in [-0.1, -0.05) is 45.9 Å². The van der Waals surface area contributed by atoms with E-state index in [1.807, 2.05) is 39.8 Å². The highest BCUT2D eigenvalue weighted by molar-refractivity contribution is 7.80. The van der Waals surface area contributed by atoms with E-state index >= 15 is 0 Å². The largest absolute Gasteiger partial charge is 0.332 e. The molecule has 3 nitrogen and oxygen atoms in total. The summed E-state index contributed by atoms with van der Waals surface area (Å²) in [6, 6.07) is 6.12. The number of benzene rings is 1. The summed E-state index contributed by atoms with van der Waals surface area (Å²) >= 11 is 5.23. The molecule has 0 spiro atoms. The second-order valence-electron chi connectivity index (χ2n) is 6.20. The van der Waals surface area contributed by atoms with Crippen LogP contribution in [0.15, 0.2) is 18.2 Å². The van der Waals surface area contributed by atoms with Crippen molar-refractivity contribution in [1.82, 2.24) is 5.32 Å². The molecule has 0 aliphatic rings. The van der Waals surface area contributed by atoms with Gasteiger partial charge in [-0.2, -0.15) is 0 Å². The molecule has 0 radical (unpaired) electrons. The average Bonchev–Trinajstić information content (AvgIpc) is 2.28. The van der Waals surface area contributed by atoms with Crippen molar-refractivity contribution in [1.29, 1.82) is 0 Å². The molecular formula is C16H24N2OS. The van der Waals surface area contributed by atoms with E-state index in [0.29, 0.717) is 11.5 Å². The second kappa shape index (κ2) is 6.84. The molecular weight excluding hydrogens is 268 g/mol. The van der Waals surface area contributed by atoms with E-state index in [9.17, 15) is 4.79 Å². The van der Waals surface area contributed by atoms with Gasteiger partial charge in [0.1, 0.15) is 0 Å². The van der Waals surface area contributed by atoms with Gasteiger partial charge in [-0.05, 0) is 42.1 Å². The molecule has 4 heteroatoms. The number of anilines is 1. The maximum absolute atomic E-state index is 11.9. The summed E-state index contributed by atoms with van der Waals surface area (Å²) in [5, 5.41) is 6.25. The minimum Gasteiger partial charge on any atom is -0.332 e. The molecule has 110 valence electrons. The average molecular weight is 292 g/mol. The topological polar surface area (TPSA) is 41.1 Å². The van der Waals surface area contributed by atoms with Crippen LogP contribution in [0, 0.1) is 12.3 Å². The molecule has 0 heterocycles. The Morgan fingerprint density at radius 2 is 1.95 bits per heavy atom. The Bertz CT molecular complexity index is 504. The molecule has 0 fully saturated rings. The van der Waals surface area contributed by atoms with Crippen LogP contribution in [0.1, 0.15) is 45.2 Å². The van der Waals surface area contributed by atoms with E-state index in [2.05, 4.69) is 23.6 Å². The lowest BCUT2D eigenvalue weighted by Gasteiger charge is -2.19. The normalized spacial score (nSPS) is 11.1. The van der Waals surface area contributed by atoms with Crippen LogP contribution in [-0.4, -0.2) is 11.0 Å². The minimum atomic E-state index is -0.0540. The monoisotopic (exact) mass is 292 g/mol. The molecule has 0 unspecified atom stereocenters. The van der Waals surface area contributed by atoms with E-state index in [1.54, 1.807) is 0 Å². The van der Waals surface area contributed by atoms with Gasteiger partial charge >= 0.3 is 0 Å². The second-order valence-corrected chi connectivity index (χ2v) is 6.61. The summed E-state index contributed by atoms with van der Waals surface area (Å²) in [4.78, 5) is 11.9. The van der Waals surface area contributed by atoms with E-state index in [0.717, 1.165) is 17.7 Å². The van der Waals surface area contributed by atoms with Gasteiger partial charge in [0, 0.05) is 12.1 Å². The lowest BCUT2D eigenvalue weighted by Crippen LogP contribution is -2.36. The lowest BCUT2D eigenvalue weighted by molar-refractivity contribution is -0.121. The van der Waals surface area contributed by atoms with Gasteiger partial charge in [0.2, 0.25) is 5.91 Å². The molecule has 1 aromatic rings. The number of thiocarbonyl (C=S) groups is 1. The molecule has 0 aromatic heterocycles. The van der Waals surface area contributed by atoms with E-state index in [-0.39, 0.29) is 11.3 Å². The number of rotatable bonds is 3. The van der Waals surface area contributed by atoms with Crippen molar-refractivity contribution in [2.75, 3.05) is 5.32 Å². The van der Waals surface area contributed by atoms with Crippen molar-refractivity contribution >= 4 is 28.9 Å². The summed E-state index contributed by atoms with van der Waals surface area (Å²) < 4.78 is 0. The van der Waals surface area contributed by atoms with Crippen molar-refractivity contribution in [2.24, 2.45) is 5.41 Å². The van der Waals surface area contributed by atoms with Gasteiger partial charge in [0.15, 0.2) is 5.11 Å². The van der Waals surface area contributed by atoms with Crippen molar-refractivity contribution in [2.45, 2.75) is 47.5 Å². The first kappa shape index (κ1) is 16.6. The number of hydrogen-bond donors (Lipinski definition) is 2. The summed E-state index contributed by atoms with van der Waals surface area (Å²) in [6.07, 6.45) is 1.37. The molecule has 0 atom stereocenters. The van der Waals surface area contributed by atoms with Crippen LogP contribution in [0.5, 0.6) is 0 Å². The summed E-state index contributed by atoms with van der Waals surface area (Å²) in [5.41, 5.74) is 3.27. The minimum absolute atomic E-state index is 0.0447. The van der Waals surface area contributed by atoms with Crippen molar-refractivity contribution in [3.05, 3.63) is 29.3 Å². The zero-order valence-corrected chi connectivity index (χ0v) is 13.8. The summed E-state index contributed by atoms with van der Waals surface area (Å²) in [6.45, 7) is 10.2. The molecule has 0 aliphatic heterocycles. The number of para-hydroxylation sites is 1. The van der Waals surface area contributed by atoms with Gasteiger partial charge in [0.05, 0.1) is 0 Å². The standard InChI is InChI=1S/C16H24N2OS/c1-6-12-9-7-8-11(2)14(12)18-15(20)17-13(19)10-16(3,4)5/h7-9H,6,10H2,1-5H3,(H2,17,18,19,20). The zero-order chi connectivity index (χ0) is 15.3. The Balaban J connectivity index is 2.70. The van der Waals surface area contributed by atoms with Crippen LogP contribution in [0.4, 0.5) is 5.69 Å². The highest BCUT2D eigenvalue weighted by Gasteiger charge is 2.17. The number of aryl methyl sites for hydroxylation is 2. The third-order valence-corrected chi connectivity index (χ3v) is 3.13. The van der Waals surface area contributed by atoms with Crippen LogP contribution in [0.2, 0.25) is 0 Å². The van der Waals surface area contributed by atoms with E-state index in [4.69, 9.17) is 12.2 Å². The zero-order valence-electron chi connectivity index (χ0n) is 13.0. The fourth-order valence-corrected chi connectivity index (χ4v) is 2.22. The Morgan fingerprint density at radius 1 is 1.30 bits per heavy atom. The fraction of sp³-hybridized carbons (Fsp3) is 0.500. The maximum Gasteiger partial charge on any atom is 0.226 e. The number of amides is 1. The van der Waals surface area contributed by atoms with Gasteiger partial charge in [-0.15, -0.1) is 0 Å². The summed E-state index contributed by atoms with van der Waals surface area (Å²) in [5.74, 6) is -0.0540. The number of carbonyl (C=O) groups excluding carboxylic acids is 1. The van der Waals surface area contributed by atoms with Crippen LogP contribution in [0.25, 0.3) is 0 Å². The molecule has 20 heavy (non-hydrogen) atoms. The van der Waals surface area contributed by atoms with Gasteiger partial charge in [0.25, 0.3) is 0 Å². The highest BCUT2D eigenvalue weighted by atomic mass is 32.1. The van der Waals surface area contributed by atoms with Crippen molar-refractivity contribution in [3.8, 4) is 0 Å². The third kappa shape index (κ3) is 5.29. The smallest absolute Gasteiger partial charge is 0.226 e. The Hall–Kier alpha value is -1.42. The Labute approximate surface area is 127 Å². The van der Waals surface area contributed by atoms with Crippen LogP contribution in [0.3, 0.4) is 0 Å². The van der Waals surface area contributed by atoms with Gasteiger partial charge in [-0.3, -0.25) is 4.79 Å². The number of hydrogen-bond acceptors (Lipinski definition) is 2. The van der Waals surface area contributed by atoms with Crippen LogP contribution >= 0.6 is 12.2 Å². The fourth-order valence-electron chi connectivity index (χ4n) is 2.00. The molecule has 1 rings (SSSR count).